The van der Waals surface area contributed by atoms with Crippen molar-refractivity contribution in [1.82, 2.24) is 9.88 Å². The minimum absolute atomic E-state index is 0.00897. The predicted molar refractivity (Wildman–Crippen MR) is 90.9 cm³/mol. The Morgan fingerprint density at radius 2 is 1.96 bits per heavy atom. The fraction of sp³-hybridized carbons (Fsp3) is 0.375. The van der Waals surface area contributed by atoms with Gasteiger partial charge in [0.15, 0.2) is 5.13 Å². The van der Waals surface area contributed by atoms with Crippen molar-refractivity contribution in [2.24, 2.45) is 0 Å². The zero-order valence-corrected chi connectivity index (χ0v) is 14.0. The molecule has 1 fully saturated rings. The van der Waals surface area contributed by atoms with E-state index < -0.39 is 0 Å². The van der Waals surface area contributed by atoms with Crippen LogP contribution >= 0.6 is 11.3 Å². The van der Waals surface area contributed by atoms with E-state index >= 15 is 0 Å². The molecular formula is C16H19FN4OS. The van der Waals surface area contributed by atoms with Gasteiger partial charge in [0.25, 0.3) is 5.91 Å². The Morgan fingerprint density at radius 3 is 2.57 bits per heavy atom. The highest BCUT2D eigenvalue weighted by Crippen LogP contribution is 2.25. The lowest BCUT2D eigenvalue weighted by molar-refractivity contribution is 0.0750. The Labute approximate surface area is 138 Å². The first kappa shape index (κ1) is 15.7. The molecule has 0 aliphatic carbocycles. The van der Waals surface area contributed by atoms with E-state index in [1.807, 2.05) is 22.8 Å². The zero-order valence-electron chi connectivity index (χ0n) is 13.2. The van der Waals surface area contributed by atoms with E-state index in [-0.39, 0.29) is 11.7 Å². The molecule has 1 aromatic heterocycles. The van der Waals surface area contributed by atoms with Crippen LogP contribution in [0.3, 0.4) is 0 Å². The fourth-order valence-electron chi connectivity index (χ4n) is 2.70. The standard InChI is InChI=1S/C16H19FN4OS/c1-11-14(23-16(18-2)19-11)15(22)21-9-7-20(8-10-21)13-6-4-3-5-12(13)17/h3-6H,7-10H2,1-2H3,(H,18,19). The Bertz CT molecular complexity index is 710. The molecule has 0 bridgehead atoms. The van der Waals surface area contributed by atoms with Gasteiger partial charge in [0.1, 0.15) is 10.7 Å². The maximum absolute atomic E-state index is 13.9. The molecule has 1 amide bonds. The molecule has 3 rings (SSSR count). The minimum Gasteiger partial charge on any atom is -0.366 e. The molecule has 5 nitrogen and oxygen atoms in total. The molecule has 0 saturated carbocycles. The number of aryl methyl sites for hydroxylation is 1. The molecule has 1 aliphatic heterocycles. The monoisotopic (exact) mass is 334 g/mol. The molecule has 0 atom stereocenters. The van der Waals surface area contributed by atoms with Gasteiger partial charge in [0, 0.05) is 33.2 Å². The van der Waals surface area contributed by atoms with E-state index in [1.165, 1.54) is 17.4 Å². The number of carbonyl (C=O) groups is 1. The van der Waals surface area contributed by atoms with Gasteiger partial charge >= 0.3 is 0 Å². The van der Waals surface area contributed by atoms with E-state index in [0.717, 1.165) is 10.8 Å². The number of nitrogens with zero attached hydrogens (tertiary/aromatic N) is 3. The van der Waals surface area contributed by atoms with E-state index in [1.54, 1.807) is 19.2 Å². The molecule has 2 aromatic rings. The molecule has 122 valence electrons. The smallest absolute Gasteiger partial charge is 0.266 e. The van der Waals surface area contributed by atoms with Gasteiger partial charge in [-0.25, -0.2) is 9.37 Å². The molecule has 23 heavy (non-hydrogen) atoms. The van der Waals surface area contributed by atoms with E-state index in [4.69, 9.17) is 0 Å². The molecule has 7 heteroatoms. The topological polar surface area (TPSA) is 48.5 Å². The minimum atomic E-state index is -0.218. The maximum atomic E-state index is 13.9. The first-order valence-corrected chi connectivity index (χ1v) is 8.35. The number of anilines is 2. The first-order valence-electron chi connectivity index (χ1n) is 7.54. The summed E-state index contributed by atoms with van der Waals surface area (Å²) in [6.07, 6.45) is 0. The summed E-state index contributed by atoms with van der Waals surface area (Å²) in [5.41, 5.74) is 1.35. The summed E-state index contributed by atoms with van der Waals surface area (Å²) in [6.45, 7) is 4.27. The average molecular weight is 334 g/mol. The number of thiazole rings is 1. The zero-order chi connectivity index (χ0) is 16.4. The third kappa shape index (κ3) is 3.14. The summed E-state index contributed by atoms with van der Waals surface area (Å²) >= 11 is 1.37. The van der Waals surface area contributed by atoms with Gasteiger partial charge in [-0.05, 0) is 19.1 Å². The Hall–Kier alpha value is -2.15. The largest absolute Gasteiger partial charge is 0.366 e. The Balaban J connectivity index is 1.68. The lowest BCUT2D eigenvalue weighted by Gasteiger charge is -2.36. The Morgan fingerprint density at radius 1 is 1.26 bits per heavy atom. The third-order valence-corrected chi connectivity index (χ3v) is 5.13. The van der Waals surface area contributed by atoms with Gasteiger partial charge in [-0.15, -0.1) is 0 Å². The highest BCUT2D eigenvalue weighted by Gasteiger charge is 2.26. The van der Waals surface area contributed by atoms with E-state index in [2.05, 4.69) is 10.3 Å². The molecule has 0 spiro atoms. The van der Waals surface area contributed by atoms with Crippen molar-refractivity contribution in [2.75, 3.05) is 43.4 Å². The molecule has 0 radical (unpaired) electrons. The Kier molecular flexibility index (Phi) is 4.47. The number of halogens is 1. The van der Waals surface area contributed by atoms with Crippen LogP contribution in [0.15, 0.2) is 24.3 Å². The molecule has 2 heterocycles. The van der Waals surface area contributed by atoms with E-state index in [9.17, 15) is 9.18 Å². The van der Waals surface area contributed by atoms with Crippen LogP contribution in [0.25, 0.3) is 0 Å². The van der Waals surface area contributed by atoms with Crippen LogP contribution in [0.1, 0.15) is 15.4 Å². The second-order valence-electron chi connectivity index (χ2n) is 5.41. The van der Waals surface area contributed by atoms with Crippen molar-refractivity contribution in [2.45, 2.75) is 6.92 Å². The fourth-order valence-corrected chi connectivity index (χ4v) is 3.59. The average Bonchev–Trinajstić information content (AvgIpc) is 2.96. The highest BCUT2D eigenvalue weighted by atomic mass is 32.1. The van der Waals surface area contributed by atoms with Gasteiger partial charge in [-0.1, -0.05) is 23.5 Å². The van der Waals surface area contributed by atoms with Crippen LogP contribution in [0.2, 0.25) is 0 Å². The number of rotatable bonds is 3. The summed E-state index contributed by atoms with van der Waals surface area (Å²) in [5, 5.41) is 3.71. The van der Waals surface area contributed by atoms with Crippen molar-refractivity contribution in [3.05, 3.63) is 40.7 Å². The molecule has 1 aliphatic rings. The van der Waals surface area contributed by atoms with Crippen LogP contribution in [0, 0.1) is 12.7 Å². The van der Waals surface area contributed by atoms with Gasteiger partial charge in [-0.3, -0.25) is 4.79 Å². The number of hydrogen-bond donors (Lipinski definition) is 1. The van der Waals surface area contributed by atoms with Crippen LogP contribution < -0.4 is 10.2 Å². The van der Waals surface area contributed by atoms with Crippen LogP contribution in [0.4, 0.5) is 15.2 Å². The number of nitrogens with one attached hydrogen (secondary N) is 1. The van der Waals surface area contributed by atoms with Crippen molar-refractivity contribution >= 4 is 28.1 Å². The van der Waals surface area contributed by atoms with Crippen LogP contribution in [0.5, 0.6) is 0 Å². The van der Waals surface area contributed by atoms with Gasteiger partial charge in [0.2, 0.25) is 0 Å². The van der Waals surface area contributed by atoms with Gasteiger partial charge in [0.05, 0.1) is 11.4 Å². The first-order chi connectivity index (χ1) is 11.1. The van der Waals surface area contributed by atoms with Crippen molar-refractivity contribution in [3.63, 3.8) is 0 Å². The number of piperazine rings is 1. The normalized spacial score (nSPS) is 14.9. The van der Waals surface area contributed by atoms with Crippen molar-refractivity contribution in [1.29, 1.82) is 0 Å². The lowest BCUT2D eigenvalue weighted by Crippen LogP contribution is -2.49. The number of aromatic nitrogens is 1. The summed E-state index contributed by atoms with van der Waals surface area (Å²) < 4.78 is 13.9. The molecule has 1 saturated heterocycles. The maximum Gasteiger partial charge on any atom is 0.266 e. The molecule has 1 aromatic carbocycles. The number of amides is 1. The second-order valence-corrected chi connectivity index (χ2v) is 6.41. The van der Waals surface area contributed by atoms with Crippen LogP contribution in [-0.4, -0.2) is 49.0 Å². The summed E-state index contributed by atoms with van der Waals surface area (Å²) in [4.78, 5) is 21.4. The molecular weight excluding hydrogens is 315 g/mol. The van der Waals surface area contributed by atoms with Gasteiger partial charge < -0.3 is 15.1 Å². The van der Waals surface area contributed by atoms with Gasteiger partial charge in [-0.2, -0.15) is 0 Å². The highest BCUT2D eigenvalue weighted by molar-refractivity contribution is 7.17. The van der Waals surface area contributed by atoms with E-state index in [0.29, 0.717) is 36.7 Å². The number of carbonyl (C=O) groups excluding carboxylic acids is 1. The quantitative estimate of drug-likeness (QED) is 0.937. The lowest BCUT2D eigenvalue weighted by atomic mass is 10.2. The number of hydrogen-bond acceptors (Lipinski definition) is 5. The predicted octanol–water partition coefficient (Wildman–Crippen LogP) is 2.59. The summed E-state index contributed by atoms with van der Waals surface area (Å²) in [5.74, 6) is -0.209. The second kappa shape index (κ2) is 6.54. The van der Waals surface area contributed by atoms with Crippen LogP contribution in [-0.2, 0) is 0 Å². The summed E-state index contributed by atoms with van der Waals surface area (Å²) in [6, 6.07) is 6.76. The van der Waals surface area contributed by atoms with Crippen molar-refractivity contribution < 1.29 is 9.18 Å². The number of para-hydroxylation sites is 1. The molecule has 1 N–H and O–H groups in total. The number of benzene rings is 1. The summed E-state index contributed by atoms with van der Waals surface area (Å²) in [7, 11) is 1.79. The third-order valence-electron chi connectivity index (χ3n) is 3.96. The SMILES string of the molecule is CNc1nc(C)c(C(=O)N2CCN(c3ccccc3F)CC2)s1. The molecule has 0 unspecified atom stereocenters. The van der Waals surface area contributed by atoms with Crippen molar-refractivity contribution in [3.8, 4) is 0 Å².